The Hall–Kier alpha value is -4.29. The largest absolute Gasteiger partial charge is 0.497 e. The van der Waals surface area contributed by atoms with Crippen molar-refractivity contribution in [1.82, 2.24) is 10.2 Å². The van der Waals surface area contributed by atoms with Gasteiger partial charge in [-0.2, -0.15) is 0 Å². The van der Waals surface area contributed by atoms with Gasteiger partial charge in [-0.15, -0.1) is 0 Å². The van der Waals surface area contributed by atoms with Crippen molar-refractivity contribution in [2.75, 3.05) is 20.3 Å². The van der Waals surface area contributed by atoms with Gasteiger partial charge in [-0.1, -0.05) is 84.4 Å². The van der Waals surface area contributed by atoms with E-state index in [1.54, 1.807) is 36.3 Å². The zero-order valence-corrected chi connectivity index (χ0v) is 22.5. The Bertz CT molecular complexity index is 1330. The number of amides is 2. The van der Waals surface area contributed by atoms with Crippen molar-refractivity contribution in [2.45, 2.75) is 19.0 Å². The molecule has 200 valence electrons. The van der Waals surface area contributed by atoms with Crippen molar-refractivity contribution in [1.29, 1.82) is 0 Å². The number of carbonyl (C=O) groups is 2. The maximum absolute atomic E-state index is 13.7. The fourth-order valence-corrected chi connectivity index (χ4v) is 4.31. The van der Waals surface area contributed by atoms with Crippen LogP contribution in [0.15, 0.2) is 109 Å². The van der Waals surface area contributed by atoms with E-state index in [1.165, 1.54) is 0 Å². The van der Waals surface area contributed by atoms with Crippen LogP contribution in [0.2, 0.25) is 5.02 Å². The molecule has 2 amide bonds. The minimum absolute atomic E-state index is 0.208. The lowest BCUT2D eigenvalue weighted by atomic mass is 10.0. The van der Waals surface area contributed by atoms with Gasteiger partial charge in [-0.05, 0) is 59.5 Å². The number of ether oxygens (including phenoxy) is 2. The van der Waals surface area contributed by atoms with E-state index in [0.29, 0.717) is 29.3 Å². The van der Waals surface area contributed by atoms with Gasteiger partial charge in [0, 0.05) is 18.1 Å². The highest BCUT2D eigenvalue weighted by Gasteiger charge is 2.31. The van der Waals surface area contributed by atoms with Crippen molar-refractivity contribution in [2.24, 2.45) is 0 Å². The summed E-state index contributed by atoms with van der Waals surface area (Å²) < 4.78 is 11.0. The molecule has 1 atom stereocenters. The first-order valence-electron chi connectivity index (χ1n) is 12.7. The molecule has 4 aromatic carbocycles. The molecule has 0 bridgehead atoms. The molecule has 39 heavy (non-hydrogen) atoms. The molecule has 4 aromatic rings. The quantitative estimate of drug-likeness (QED) is 0.244. The van der Waals surface area contributed by atoms with Crippen LogP contribution < -0.4 is 14.8 Å². The molecule has 0 aliphatic carbocycles. The van der Waals surface area contributed by atoms with E-state index in [0.717, 1.165) is 16.9 Å². The van der Waals surface area contributed by atoms with Crippen molar-refractivity contribution in [3.05, 3.63) is 131 Å². The summed E-state index contributed by atoms with van der Waals surface area (Å²) in [5, 5.41) is 3.63. The second kappa shape index (κ2) is 14.0. The summed E-state index contributed by atoms with van der Waals surface area (Å²) in [6, 6.07) is 32.6. The lowest BCUT2D eigenvalue weighted by Gasteiger charge is -2.31. The van der Waals surface area contributed by atoms with Crippen molar-refractivity contribution < 1.29 is 19.1 Å². The predicted molar refractivity (Wildman–Crippen MR) is 153 cm³/mol. The lowest BCUT2D eigenvalue weighted by Crippen LogP contribution is -2.45. The number of halogens is 1. The number of methoxy groups -OCH3 is 1. The Morgan fingerprint density at radius 1 is 0.795 bits per heavy atom. The molecule has 7 heteroatoms. The van der Waals surface area contributed by atoms with Crippen molar-refractivity contribution in [3.8, 4) is 11.5 Å². The molecule has 0 aliphatic rings. The van der Waals surface area contributed by atoms with Crippen molar-refractivity contribution in [3.63, 3.8) is 0 Å². The topological polar surface area (TPSA) is 67.9 Å². The molecule has 0 aromatic heterocycles. The minimum Gasteiger partial charge on any atom is -0.497 e. The summed E-state index contributed by atoms with van der Waals surface area (Å²) in [4.78, 5) is 28.9. The summed E-state index contributed by atoms with van der Waals surface area (Å²) in [6.07, 6.45) is 0.638. The molecule has 0 heterocycles. The van der Waals surface area contributed by atoms with Gasteiger partial charge in [0.05, 0.1) is 7.11 Å². The first-order valence-corrected chi connectivity index (χ1v) is 13.1. The molecule has 1 N–H and O–H groups in total. The van der Waals surface area contributed by atoms with Crippen LogP contribution in [-0.4, -0.2) is 37.0 Å². The fourth-order valence-electron chi connectivity index (χ4n) is 4.18. The van der Waals surface area contributed by atoms with Crippen LogP contribution in [0.5, 0.6) is 11.5 Å². The third-order valence-electron chi connectivity index (χ3n) is 6.24. The first kappa shape index (κ1) is 27.7. The third kappa shape index (κ3) is 8.09. The molecule has 0 aliphatic heterocycles. The van der Waals surface area contributed by atoms with Crippen LogP contribution >= 0.6 is 11.6 Å². The Morgan fingerprint density at radius 2 is 1.41 bits per heavy atom. The number of hydrogen-bond donors (Lipinski definition) is 1. The van der Waals surface area contributed by atoms with Crippen LogP contribution in [-0.2, 0) is 22.6 Å². The maximum Gasteiger partial charge on any atom is 0.261 e. The van der Waals surface area contributed by atoms with Gasteiger partial charge >= 0.3 is 0 Å². The highest BCUT2D eigenvalue weighted by molar-refractivity contribution is 6.30. The summed E-state index contributed by atoms with van der Waals surface area (Å²) in [6.45, 7) is 0.414. The number of nitrogens with zero attached hydrogens (tertiary/aromatic N) is 1. The molecule has 0 saturated carbocycles. The molecule has 0 fully saturated rings. The number of nitrogens with one attached hydrogen (secondary N) is 1. The van der Waals surface area contributed by atoms with Crippen LogP contribution in [0.3, 0.4) is 0 Å². The highest BCUT2D eigenvalue weighted by atomic mass is 35.5. The number of carbonyl (C=O) groups excluding carboxylic acids is 2. The summed E-state index contributed by atoms with van der Waals surface area (Å²) >= 11 is 6.09. The van der Waals surface area contributed by atoms with E-state index in [2.05, 4.69) is 5.32 Å². The molecule has 0 saturated heterocycles. The van der Waals surface area contributed by atoms with Gasteiger partial charge in [0.15, 0.2) is 6.61 Å². The zero-order chi connectivity index (χ0) is 27.5. The molecule has 6 nitrogen and oxygen atoms in total. The smallest absolute Gasteiger partial charge is 0.261 e. The standard InChI is InChI=1S/C32H31ClN2O4/c1-38-28-18-14-24(15-19-28)20-21-34-32(37)31(26-8-4-2-5-9-26)35(22-25-12-16-27(33)17-13-25)30(36)23-39-29-10-6-3-7-11-29/h2-19,31H,20-23H2,1H3,(H,34,37)/t31-/m0/s1. The van der Waals surface area contributed by atoms with Gasteiger partial charge in [0.25, 0.3) is 5.91 Å². The normalized spacial score (nSPS) is 11.3. The predicted octanol–water partition coefficient (Wildman–Crippen LogP) is 5.86. The fraction of sp³-hybridized carbons (Fsp3) is 0.188. The second-order valence-corrected chi connectivity index (χ2v) is 9.39. The molecule has 4 rings (SSSR count). The first-order chi connectivity index (χ1) is 19.0. The van der Waals surface area contributed by atoms with E-state index < -0.39 is 6.04 Å². The van der Waals surface area contributed by atoms with Crippen molar-refractivity contribution >= 4 is 23.4 Å². The molecule has 0 unspecified atom stereocenters. The van der Waals surface area contributed by atoms with Gasteiger partial charge < -0.3 is 19.7 Å². The van der Waals surface area contributed by atoms with Crippen LogP contribution in [0, 0.1) is 0 Å². The van der Waals surface area contributed by atoms with Crippen LogP contribution in [0.25, 0.3) is 0 Å². The Labute approximate surface area is 234 Å². The Balaban J connectivity index is 1.56. The van der Waals surface area contributed by atoms with Gasteiger partial charge in [-0.3, -0.25) is 9.59 Å². The summed E-state index contributed by atoms with van der Waals surface area (Å²) in [5.41, 5.74) is 2.62. The van der Waals surface area contributed by atoms with Crippen LogP contribution in [0.1, 0.15) is 22.7 Å². The van der Waals surface area contributed by atoms with Gasteiger partial charge in [0.2, 0.25) is 5.91 Å². The van der Waals surface area contributed by atoms with E-state index in [-0.39, 0.29) is 25.0 Å². The number of benzene rings is 4. The lowest BCUT2D eigenvalue weighted by molar-refractivity contribution is -0.143. The second-order valence-electron chi connectivity index (χ2n) is 8.95. The number of rotatable bonds is 12. The molecular formula is C32H31ClN2O4. The minimum atomic E-state index is -0.857. The maximum atomic E-state index is 13.7. The molecule has 0 spiro atoms. The average molecular weight is 543 g/mol. The molecular weight excluding hydrogens is 512 g/mol. The number of hydrogen-bond acceptors (Lipinski definition) is 4. The van der Waals surface area contributed by atoms with E-state index in [9.17, 15) is 9.59 Å². The summed E-state index contributed by atoms with van der Waals surface area (Å²) in [5.74, 6) is 0.781. The number of para-hydroxylation sites is 1. The van der Waals surface area contributed by atoms with E-state index in [1.807, 2.05) is 84.9 Å². The average Bonchev–Trinajstić information content (AvgIpc) is 2.98. The highest BCUT2D eigenvalue weighted by Crippen LogP contribution is 2.25. The van der Waals surface area contributed by atoms with E-state index >= 15 is 0 Å². The van der Waals surface area contributed by atoms with Gasteiger partial charge in [0.1, 0.15) is 17.5 Å². The Kier molecular flexibility index (Phi) is 9.98. The molecule has 0 radical (unpaired) electrons. The van der Waals surface area contributed by atoms with Gasteiger partial charge in [-0.25, -0.2) is 0 Å². The van der Waals surface area contributed by atoms with Crippen LogP contribution in [0.4, 0.5) is 0 Å². The SMILES string of the molecule is COc1ccc(CCNC(=O)[C@H](c2ccccc2)N(Cc2ccc(Cl)cc2)C(=O)COc2ccccc2)cc1. The third-order valence-corrected chi connectivity index (χ3v) is 6.49. The van der Waals surface area contributed by atoms with E-state index in [4.69, 9.17) is 21.1 Å². The monoisotopic (exact) mass is 542 g/mol. The Morgan fingerprint density at radius 3 is 2.05 bits per heavy atom. The zero-order valence-electron chi connectivity index (χ0n) is 21.8. The summed E-state index contributed by atoms with van der Waals surface area (Å²) in [7, 11) is 1.63.